The van der Waals surface area contributed by atoms with E-state index in [1.54, 1.807) is 29.6 Å². The van der Waals surface area contributed by atoms with Gasteiger partial charge in [-0.25, -0.2) is 0 Å². The summed E-state index contributed by atoms with van der Waals surface area (Å²) in [5.74, 6) is -3.40. The van der Waals surface area contributed by atoms with Crippen molar-refractivity contribution in [3.05, 3.63) is 57.8 Å². The highest BCUT2D eigenvalue weighted by Gasteiger charge is 2.41. The normalized spacial score (nSPS) is 17.7. The van der Waals surface area contributed by atoms with E-state index in [0.717, 1.165) is 0 Å². The van der Waals surface area contributed by atoms with Crippen LogP contribution in [0, 0.1) is 5.92 Å². The highest BCUT2D eigenvalue weighted by Crippen LogP contribution is 2.27. The van der Waals surface area contributed by atoms with Gasteiger partial charge in [0.2, 0.25) is 11.6 Å². The van der Waals surface area contributed by atoms with Crippen LogP contribution in [0.5, 0.6) is 0 Å². The van der Waals surface area contributed by atoms with E-state index in [4.69, 9.17) is 0 Å². The van der Waals surface area contributed by atoms with Gasteiger partial charge in [0.25, 0.3) is 0 Å². The Kier molecular flexibility index (Phi) is 3.35. The molecule has 21 heavy (non-hydrogen) atoms. The summed E-state index contributed by atoms with van der Waals surface area (Å²) >= 11 is 1.25. The molecule has 0 amide bonds. The molecule has 4 nitrogen and oxygen atoms in total. The van der Waals surface area contributed by atoms with Gasteiger partial charge >= 0.3 is 0 Å². The third-order valence-electron chi connectivity index (χ3n) is 3.48. The van der Waals surface area contributed by atoms with Gasteiger partial charge in [-0.3, -0.25) is 19.2 Å². The number of Topliss-reactive ketones (excluding diaryl/α,β-unsaturated/α-hetero) is 4. The second-order valence-electron chi connectivity index (χ2n) is 4.76. The predicted octanol–water partition coefficient (Wildman–Crippen LogP) is 2.59. The Hall–Kier alpha value is -2.40. The number of carbonyl (C=O) groups excluding carboxylic acids is 4. The lowest BCUT2D eigenvalue weighted by Crippen LogP contribution is -2.38. The van der Waals surface area contributed by atoms with Gasteiger partial charge in [0.05, 0.1) is 10.8 Å². The van der Waals surface area contributed by atoms with Gasteiger partial charge in [-0.1, -0.05) is 30.3 Å². The van der Waals surface area contributed by atoms with E-state index in [2.05, 4.69) is 0 Å². The van der Waals surface area contributed by atoms with Gasteiger partial charge in [0.15, 0.2) is 11.6 Å². The number of carbonyl (C=O) groups is 4. The summed E-state index contributed by atoms with van der Waals surface area (Å²) in [4.78, 5) is 49.0. The molecule has 1 aliphatic rings. The van der Waals surface area contributed by atoms with Crippen molar-refractivity contribution >= 4 is 34.5 Å². The second kappa shape index (κ2) is 5.18. The summed E-state index contributed by atoms with van der Waals surface area (Å²) in [6.07, 6.45) is -0.252. The fraction of sp³-hybridized carbons (Fsp3) is 0.125. The minimum absolute atomic E-state index is 0.132. The first-order valence-corrected chi connectivity index (χ1v) is 7.26. The van der Waals surface area contributed by atoms with Crippen molar-refractivity contribution in [1.82, 2.24) is 0 Å². The molecule has 0 saturated heterocycles. The van der Waals surface area contributed by atoms with Crippen LogP contribution in [0.3, 0.4) is 0 Å². The zero-order chi connectivity index (χ0) is 15.0. The molecule has 1 heterocycles. The number of thiophene rings is 1. The molecule has 1 aromatic heterocycles. The maximum atomic E-state index is 12.4. The molecule has 0 bridgehead atoms. The zero-order valence-electron chi connectivity index (χ0n) is 10.9. The number of hydrogen-bond donors (Lipinski definition) is 0. The van der Waals surface area contributed by atoms with Crippen molar-refractivity contribution in [1.29, 1.82) is 0 Å². The van der Waals surface area contributed by atoms with E-state index < -0.39 is 23.3 Å². The zero-order valence-corrected chi connectivity index (χ0v) is 11.7. The van der Waals surface area contributed by atoms with Gasteiger partial charge in [-0.2, -0.15) is 0 Å². The monoisotopic (exact) mass is 298 g/mol. The summed E-state index contributed by atoms with van der Waals surface area (Å²) in [5.41, 5.74) is 0.360. The molecular formula is C16H10O4S. The maximum absolute atomic E-state index is 12.4. The van der Waals surface area contributed by atoms with Crippen molar-refractivity contribution in [3.8, 4) is 0 Å². The molecule has 0 fully saturated rings. The molecule has 2 aromatic rings. The van der Waals surface area contributed by atoms with Crippen molar-refractivity contribution < 1.29 is 19.2 Å². The van der Waals surface area contributed by atoms with Gasteiger partial charge in [-0.05, 0) is 11.4 Å². The Balaban J connectivity index is 1.94. The van der Waals surface area contributed by atoms with Crippen molar-refractivity contribution in [2.75, 3.05) is 0 Å². The van der Waals surface area contributed by atoms with Crippen LogP contribution in [0.4, 0.5) is 0 Å². The molecule has 3 rings (SSSR count). The van der Waals surface area contributed by atoms with Gasteiger partial charge in [0, 0.05) is 17.5 Å². The largest absolute Gasteiger partial charge is 0.293 e. The highest BCUT2D eigenvalue weighted by atomic mass is 32.1. The molecule has 1 aromatic carbocycles. The lowest BCUT2D eigenvalue weighted by atomic mass is 9.78. The van der Waals surface area contributed by atoms with Gasteiger partial charge in [-0.15, -0.1) is 11.3 Å². The van der Waals surface area contributed by atoms with Crippen LogP contribution in [0.1, 0.15) is 36.8 Å². The van der Waals surface area contributed by atoms with Crippen LogP contribution in [0.15, 0.2) is 41.8 Å². The van der Waals surface area contributed by atoms with Crippen LogP contribution in [0.2, 0.25) is 0 Å². The first kappa shape index (κ1) is 13.6. The average molecular weight is 298 g/mol. The third-order valence-corrected chi connectivity index (χ3v) is 4.39. The molecule has 0 saturated carbocycles. The summed E-state index contributed by atoms with van der Waals surface area (Å²) in [6, 6.07) is 9.59. The number of benzene rings is 1. The first-order valence-electron chi connectivity index (χ1n) is 6.38. The average Bonchev–Trinajstić information content (AvgIpc) is 3.03. The van der Waals surface area contributed by atoms with Crippen LogP contribution in [-0.2, 0) is 4.79 Å². The van der Waals surface area contributed by atoms with Crippen LogP contribution >= 0.6 is 11.3 Å². The van der Waals surface area contributed by atoms with E-state index in [1.165, 1.54) is 23.5 Å². The summed E-state index contributed by atoms with van der Waals surface area (Å²) in [7, 11) is 0. The summed E-state index contributed by atoms with van der Waals surface area (Å²) in [6.45, 7) is 0. The Morgan fingerprint density at radius 3 is 2.33 bits per heavy atom. The standard InChI is InChI=1S/C16H10O4S/c17-12(13-6-3-7-21-13)8-11-14(18)9-4-1-2-5-10(9)15(19)16(11)20/h1-7,11H,8H2. The molecule has 0 radical (unpaired) electrons. The molecule has 5 heteroatoms. The van der Waals surface area contributed by atoms with Crippen molar-refractivity contribution in [2.45, 2.75) is 6.42 Å². The molecule has 1 unspecified atom stereocenters. The molecule has 0 aliphatic heterocycles. The molecule has 1 aliphatic carbocycles. The van der Waals surface area contributed by atoms with Crippen LogP contribution in [0.25, 0.3) is 0 Å². The highest BCUT2D eigenvalue weighted by molar-refractivity contribution is 7.12. The molecule has 1 atom stereocenters. The number of hydrogen-bond acceptors (Lipinski definition) is 5. The van der Waals surface area contributed by atoms with E-state index in [9.17, 15) is 19.2 Å². The van der Waals surface area contributed by atoms with Gasteiger partial charge < -0.3 is 0 Å². The maximum Gasteiger partial charge on any atom is 0.230 e. The lowest BCUT2D eigenvalue weighted by molar-refractivity contribution is -0.117. The van der Waals surface area contributed by atoms with E-state index >= 15 is 0 Å². The molecular weight excluding hydrogens is 288 g/mol. The van der Waals surface area contributed by atoms with E-state index in [0.29, 0.717) is 4.88 Å². The second-order valence-corrected chi connectivity index (χ2v) is 5.71. The fourth-order valence-corrected chi connectivity index (χ4v) is 3.08. The number of ketones is 4. The summed E-state index contributed by atoms with van der Waals surface area (Å²) < 4.78 is 0. The predicted molar refractivity (Wildman–Crippen MR) is 76.9 cm³/mol. The fourth-order valence-electron chi connectivity index (χ4n) is 2.40. The SMILES string of the molecule is O=C(CC1C(=O)C(=O)c2ccccc2C1=O)c1cccs1. The minimum atomic E-state index is -1.19. The van der Waals surface area contributed by atoms with Crippen molar-refractivity contribution in [3.63, 3.8) is 0 Å². The topological polar surface area (TPSA) is 68.3 Å². The molecule has 104 valence electrons. The minimum Gasteiger partial charge on any atom is -0.293 e. The molecule has 0 spiro atoms. The Bertz CT molecular complexity index is 758. The smallest absolute Gasteiger partial charge is 0.230 e. The van der Waals surface area contributed by atoms with Gasteiger partial charge in [0.1, 0.15) is 0 Å². The Morgan fingerprint density at radius 2 is 1.67 bits per heavy atom. The van der Waals surface area contributed by atoms with Crippen molar-refractivity contribution in [2.24, 2.45) is 5.92 Å². The molecule has 0 N–H and O–H groups in total. The first-order chi connectivity index (χ1) is 10.1. The van der Waals surface area contributed by atoms with E-state index in [-0.39, 0.29) is 23.3 Å². The van der Waals surface area contributed by atoms with E-state index in [1.807, 2.05) is 0 Å². The van der Waals surface area contributed by atoms with Crippen LogP contribution in [-0.4, -0.2) is 23.1 Å². The quantitative estimate of drug-likeness (QED) is 0.496. The number of fused-ring (bicyclic) bond motifs is 1. The van der Waals surface area contributed by atoms with Crippen LogP contribution < -0.4 is 0 Å². The Morgan fingerprint density at radius 1 is 0.952 bits per heavy atom. The summed E-state index contributed by atoms with van der Waals surface area (Å²) in [5, 5.41) is 1.75. The Labute approximate surface area is 124 Å². The lowest BCUT2D eigenvalue weighted by Gasteiger charge is -2.20. The third kappa shape index (κ3) is 2.25. The number of rotatable bonds is 3.